The minimum atomic E-state index is -1.16. The van der Waals surface area contributed by atoms with Crippen molar-refractivity contribution in [1.29, 1.82) is 0 Å². The normalized spacial score (nSPS) is 11.6. The first-order valence-corrected chi connectivity index (χ1v) is 9.61. The summed E-state index contributed by atoms with van der Waals surface area (Å²) in [5.74, 6) is 0.329. The summed E-state index contributed by atoms with van der Waals surface area (Å²) >= 11 is 0. The average Bonchev–Trinajstić information content (AvgIpc) is 3.31. The minimum absolute atomic E-state index is 0.246. The van der Waals surface area contributed by atoms with Crippen LogP contribution >= 0.6 is 0 Å². The van der Waals surface area contributed by atoms with Crippen LogP contribution in [0.4, 0.5) is 10.1 Å². The van der Waals surface area contributed by atoms with Crippen LogP contribution in [0.1, 0.15) is 22.4 Å². The number of aliphatic hydroxyl groups excluding tert-OH is 1. The van der Waals surface area contributed by atoms with Crippen LogP contribution in [0.15, 0.2) is 66.9 Å². The second-order valence-electron chi connectivity index (χ2n) is 6.71. The number of pyridine rings is 1. The van der Waals surface area contributed by atoms with Gasteiger partial charge in [-0.15, -0.1) is 5.10 Å². The number of aromatic amines is 1. The molecule has 1 unspecified atom stereocenters. The molecule has 1 amide bonds. The zero-order valence-corrected chi connectivity index (χ0v) is 16.9. The van der Waals surface area contributed by atoms with Gasteiger partial charge in [-0.05, 0) is 54.6 Å². The topological polar surface area (TPSA) is 125 Å². The molecule has 2 aromatic heterocycles. The highest BCUT2D eigenvalue weighted by Gasteiger charge is 2.18. The molecule has 10 heteroatoms. The number of nitrogens with zero attached hydrogens (tertiary/aromatic N) is 3. The fraction of sp³-hybridized carbons (Fsp3) is 0.0909. The molecular formula is C22H19FN6O3. The average molecular weight is 434 g/mol. The standard InChI is InChI=1S/C22H19FN6O3/c1-24-21(30)18-12-17(10-11-25-18)32-16-8-6-15(7-9-16)26-22(31)20-19(27-29-28-20)13-2-4-14(23)5-3-13/h2-12,22,26,31H,1H3,(H,24,30)(H,27,28,29). The largest absolute Gasteiger partial charge is 0.457 e. The number of benzene rings is 2. The lowest BCUT2D eigenvalue weighted by Gasteiger charge is -2.14. The molecule has 0 aliphatic heterocycles. The van der Waals surface area contributed by atoms with E-state index in [1.54, 1.807) is 42.5 Å². The van der Waals surface area contributed by atoms with Crippen LogP contribution in [0.25, 0.3) is 11.3 Å². The molecule has 1 atom stereocenters. The van der Waals surface area contributed by atoms with Crippen LogP contribution in [0.2, 0.25) is 0 Å². The van der Waals surface area contributed by atoms with Gasteiger partial charge in [0.15, 0.2) is 6.23 Å². The number of H-pyrrole nitrogens is 1. The van der Waals surface area contributed by atoms with E-state index in [9.17, 15) is 14.3 Å². The molecule has 0 saturated heterocycles. The monoisotopic (exact) mass is 434 g/mol. The van der Waals surface area contributed by atoms with E-state index < -0.39 is 6.23 Å². The van der Waals surface area contributed by atoms with Crippen LogP contribution in [-0.2, 0) is 0 Å². The number of aliphatic hydroxyl groups is 1. The Labute approximate surface area is 182 Å². The lowest BCUT2D eigenvalue weighted by molar-refractivity contribution is 0.0958. The van der Waals surface area contributed by atoms with Gasteiger partial charge in [0, 0.05) is 30.6 Å². The van der Waals surface area contributed by atoms with Gasteiger partial charge in [0.2, 0.25) is 0 Å². The highest BCUT2D eigenvalue weighted by atomic mass is 19.1. The number of hydrogen-bond acceptors (Lipinski definition) is 7. The molecule has 2 aromatic carbocycles. The summed E-state index contributed by atoms with van der Waals surface area (Å²) in [5.41, 5.74) is 2.25. The van der Waals surface area contributed by atoms with Gasteiger partial charge < -0.3 is 20.5 Å². The van der Waals surface area contributed by atoms with Crippen molar-refractivity contribution < 1.29 is 19.0 Å². The molecule has 0 bridgehead atoms. The van der Waals surface area contributed by atoms with Crippen molar-refractivity contribution in [2.24, 2.45) is 0 Å². The first kappa shape index (κ1) is 20.9. The Bertz CT molecular complexity index is 1210. The van der Waals surface area contributed by atoms with Crippen LogP contribution < -0.4 is 15.4 Å². The summed E-state index contributed by atoms with van der Waals surface area (Å²) in [7, 11) is 1.53. The fourth-order valence-corrected chi connectivity index (χ4v) is 2.96. The quantitative estimate of drug-likeness (QED) is 0.329. The zero-order valence-electron chi connectivity index (χ0n) is 16.9. The number of amides is 1. The van der Waals surface area contributed by atoms with Gasteiger partial charge in [0.05, 0.1) is 5.69 Å². The summed E-state index contributed by atoms with van der Waals surface area (Å²) in [6.07, 6.45) is 0.332. The highest BCUT2D eigenvalue weighted by molar-refractivity contribution is 5.92. The highest BCUT2D eigenvalue weighted by Crippen LogP contribution is 2.27. The molecular weight excluding hydrogens is 415 g/mol. The van der Waals surface area contributed by atoms with Crippen LogP contribution in [0.5, 0.6) is 11.5 Å². The number of ether oxygens (including phenoxy) is 1. The van der Waals surface area contributed by atoms with Crippen molar-refractivity contribution in [3.63, 3.8) is 0 Å². The van der Waals surface area contributed by atoms with Crippen molar-refractivity contribution in [2.75, 3.05) is 12.4 Å². The van der Waals surface area contributed by atoms with Gasteiger partial charge in [-0.1, -0.05) is 5.21 Å². The predicted octanol–water partition coefficient (Wildman–Crippen LogP) is 3.26. The molecule has 4 rings (SSSR count). The third-order valence-electron chi connectivity index (χ3n) is 4.55. The van der Waals surface area contributed by atoms with E-state index in [0.717, 1.165) is 0 Å². The Balaban J connectivity index is 1.44. The number of carbonyl (C=O) groups excluding carboxylic acids is 1. The first-order chi connectivity index (χ1) is 15.5. The van der Waals surface area contributed by atoms with E-state index in [1.165, 1.54) is 31.4 Å². The van der Waals surface area contributed by atoms with Gasteiger partial charge in [-0.3, -0.25) is 14.9 Å². The molecule has 2 heterocycles. The lowest BCUT2D eigenvalue weighted by atomic mass is 10.1. The Morgan fingerprint density at radius 1 is 1.09 bits per heavy atom. The molecule has 32 heavy (non-hydrogen) atoms. The SMILES string of the molecule is CNC(=O)c1cc(Oc2ccc(NC(O)c3nn[nH]c3-c3ccc(F)cc3)cc2)ccn1. The minimum Gasteiger partial charge on any atom is -0.457 e. The molecule has 0 radical (unpaired) electrons. The number of carbonyl (C=O) groups is 1. The number of anilines is 1. The molecule has 0 aliphatic rings. The van der Waals surface area contributed by atoms with Gasteiger partial charge in [0.25, 0.3) is 5.91 Å². The van der Waals surface area contributed by atoms with E-state index in [1.807, 2.05) is 0 Å². The van der Waals surface area contributed by atoms with Gasteiger partial charge in [-0.25, -0.2) is 4.39 Å². The van der Waals surface area contributed by atoms with Crippen molar-refractivity contribution in [1.82, 2.24) is 25.7 Å². The lowest BCUT2D eigenvalue weighted by Crippen LogP contribution is -2.18. The van der Waals surface area contributed by atoms with Crippen molar-refractivity contribution in [2.45, 2.75) is 6.23 Å². The van der Waals surface area contributed by atoms with Gasteiger partial charge >= 0.3 is 0 Å². The maximum atomic E-state index is 13.2. The molecule has 4 N–H and O–H groups in total. The van der Waals surface area contributed by atoms with E-state index in [4.69, 9.17) is 4.74 Å². The number of halogens is 1. The molecule has 0 spiro atoms. The van der Waals surface area contributed by atoms with Crippen molar-refractivity contribution >= 4 is 11.6 Å². The first-order valence-electron chi connectivity index (χ1n) is 9.61. The van der Waals surface area contributed by atoms with Crippen LogP contribution in [-0.4, -0.2) is 38.5 Å². The number of nitrogens with one attached hydrogen (secondary N) is 3. The number of rotatable bonds is 7. The second-order valence-corrected chi connectivity index (χ2v) is 6.71. The Morgan fingerprint density at radius 2 is 1.84 bits per heavy atom. The summed E-state index contributed by atoms with van der Waals surface area (Å²) in [6, 6.07) is 15.8. The number of hydrogen-bond donors (Lipinski definition) is 4. The second kappa shape index (κ2) is 9.23. The summed E-state index contributed by atoms with van der Waals surface area (Å²) in [4.78, 5) is 15.7. The maximum Gasteiger partial charge on any atom is 0.269 e. The van der Waals surface area contributed by atoms with Gasteiger partial charge in [-0.2, -0.15) is 0 Å². The Hall–Kier alpha value is -4.31. The third-order valence-corrected chi connectivity index (χ3v) is 4.55. The Morgan fingerprint density at radius 3 is 2.56 bits per heavy atom. The smallest absolute Gasteiger partial charge is 0.269 e. The Kier molecular flexibility index (Phi) is 6.04. The van der Waals surface area contributed by atoms with E-state index >= 15 is 0 Å². The van der Waals surface area contributed by atoms with E-state index in [-0.39, 0.29) is 23.1 Å². The van der Waals surface area contributed by atoms with Crippen molar-refractivity contribution in [3.8, 4) is 22.8 Å². The van der Waals surface area contributed by atoms with Crippen LogP contribution in [0.3, 0.4) is 0 Å². The zero-order chi connectivity index (χ0) is 22.5. The molecule has 9 nitrogen and oxygen atoms in total. The predicted molar refractivity (Wildman–Crippen MR) is 115 cm³/mol. The summed E-state index contributed by atoms with van der Waals surface area (Å²) in [5, 5.41) is 26.4. The maximum absolute atomic E-state index is 13.2. The van der Waals surface area contributed by atoms with Crippen LogP contribution in [0, 0.1) is 5.82 Å². The molecule has 0 saturated carbocycles. The van der Waals surface area contributed by atoms with E-state index in [0.29, 0.717) is 28.4 Å². The molecule has 0 fully saturated rings. The molecule has 4 aromatic rings. The third kappa shape index (κ3) is 4.71. The molecule has 0 aliphatic carbocycles. The molecule has 162 valence electrons. The summed E-state index contributed by atoms with van der Waals surface area (Å²) < 4.78 is 18.9. The fourth-order valence-electron chi connectivity index (χ4n) is 2.96. The van der Waals surface area contributed by atoms with E-state index in [2.05, 4.69) is 31.0 Å². The van der Waals surface area contributed by atoms with Gasteiger partial charge in [0.1, 0.15) is 28.7 Å². The van der Waals surface area contributed by atoms with Crippen molar-refractivity contribution in [3.05, 3.63) is 84.1 Å². The number of aromatic nitrogens is 4. The summed E-state index contributed by atoms with van der Waals surface area (Å²) in [6.45, 7) is 0.